The SMILES string of the molecule is COc1cccc(OC)c1C(=O)N1CCN(C(c2ccccc2)c2ccccc2)CC1. The highest BCUT2D eigenvalue weighted by molar-refractivity contribution is 5.99. The minimum atomic E-state index is -0.0510. The summed E-state index contributed by atoms with van der Waals surface area (Å²) in [6.07, 6.45) is 0. The minimum Gasteiger partial charge on any atom is -0.496 e. The predicted molar refractivity (Wildman–Crippen MR) is 122 cm³/mol. The van der Waals surface area contributed by atoms with Gasteiger partial charge in [-0.05, 0) is 23.3 Å². The second-order valence-corrected chi connectivity index (χ2v) is 7.59. The first-order chi connectivity index (χ1) is 15.2. The molecule has 1 saturated heterocycles. The van der Waals surface area contributed by atoms with E-state index < -0.39 is 0 Å². The van der Waals surface area contributed by atoms with E-state index in [1.165, 1.54) is 11.1 Å². The highest BCUT2D eigenvalue weighted by Gasteiger charge is 2.30. The maximum atomic E-state index is 13.3. The van der Waals surface area contributed by atoms with Crippen molar-refractivity contribution in [2.75, 3.05) is 40.4 Å². The van der Waals surface area contributed by atoms with Gasteiger partial charge in [-0.2, -0.15) is 0 Å². The number of ether oxygens (including phenoxy) is 2. The Hall–Kier alpha value is -3.31. The fourth-order valence-corrected chi connectivity index (χ4v) is 4.29. The molecule has 3 aromatic carbocycles. The van der Waals surface area contributed by atoms with Gasteiger partial charge in [-0.1, -0.05) is 66.7 Å². The average Bonchev–Trinajstić information content (AvgIpc) is 2.85. The van der Waals surface area contributed by atoms with E-state index >= 15 is 0 Å². The van der Waals surface area contributed by atoms with Crippen molar-refractivity contribution in [2.45, 2.75) is 6.04 Å². The van der Waals surface area contributed by atoms with E-state index in [0.717, 1.165) is 13.1 Å². The molecular formula is C26H28N2O3. The third-order valence-corrected chi connectivity index (χ3v) is 5.84. The lowest BCUT2D eigenvalue weighted by Crippen LogP contribution is -2.50. The number of hydrogen-bond donors (Lipinski definition) is 0. The molecule has 5 heteroatoms. The lowest BCUT2D eigenvalue weighted by molar-refractivity contribution is 0.0591. The van der Waals surface area contributed by atoms with Gasteiger partial charge < -0.3 is 14.4 Å². The van der Waals surface area contributed by atoms with Crippen molar-refractivity contribution in [3.8, 4) is 11.5 Å². The molecule has 1 heterocycles. The molecule has 0 bridgehead atoms. The first-order valence-corrected chi connectivity index (χ1v) is 10.6. The molecule has 1 fully saturated rings. The number of piperazine rings is 1. The van der Waals surface area contributed by atoms with Gasteiger partial charge in [0.15, 0.2) is 0 Å². The van der Waals surface area contributed by atoms with Gasteiger partial charge in [-0.15, -0.1) is 0 Å². The summed E-state index contributed by atoms with van der Waals surface area (Å²) in [5.41, 5.74) is 3.02. The van der Waals surface area contributed by atoms with Gasteiger partial charge in [0.25, 0.3) is 5.91 Å². The lowest BCUT2D eigenvalue weighted by Gasteiger charge is -2.40. The third kappa shape index (κ3) is 4.42. The molecule has 0 N–H and O–H groups in total. The van der Waals surface area contributed by atoms with E-state index in [1.54, 1.807) is 26.4 Å². The second-order valence-electron chi connectivity index (χ2n) is 7.59. The molecular weight excluding hydrogens is 388 g/mol. The molecule has 0 aliphatic carbocycles. The van der Waals surface area contributed by atoms with Crippen LogP contribution in [0.1, 0.15) is 27.5 Å². The van der Waals surface area contributed by atoms with Gasteiger partial charge in [-0.3, -0.25) is 9.69 Å². The Morgan fingerprint density at radius 3 is 1.65 bits per heavy atom. The fraction of sp³-hybridized carbons (Fsp3) is 0.269. The number of amides is 1. The van der Waals surface area contributed by atoms with Crippen LogP contribution in [0, 0.1) is 0 Å². The molecule has 0 aromatic heterocycles. The normalized spacial score (nSPS) is 14.5. The van der Waals surface area contributed by atoms with Crippen molar-refractivity contribution in [3.05, 3.63) is 95.6 Å². The minimum absolute atomic E-state index is 0.0510. The van der Waals surface area contributed by atoms with Crippen LogP contribution in [-0.2, 0) is 0 Å². The second kappa shape index (κ2) is 9.67. The summed E-state index contributed by atoms with van der Waals surface area (Å²) in [5.74, 6) is 1.03. The van der Waals surface area contributed by atoms with Gasteiger partial charge in [0.1, 0.15) is 17.1 Å². The zero-order valence-corrected chi connectivity index (χ0v) is 18.0. The number of methoxy groups -OCH3 is 2. The molecule has 0 atom stereocenters. The van der Waals surface area contributed by atoms with Crippen molar-refractivity contribution in [3.63, 3.8) is 0 Å². The van der Waals surface area contributed by atoms with Crippen molar-refractivity contribution < 1.29 is 14.3 Å². The van der Waals surface area contributed by atoms with Gasteiger partial charge in [0.05, 0.1) is 20.3 Å². The number of carbonyl (C=O) groups excluding carboxylic acids is 1. The zero-order valence-electron chi connectivity index (χ0n) is 18.0. The highest BCUT2D eigenvalue weighted by Crippen LogP contribution is 2.32. The van der Waals surface area contributed by atoms with E-state index in [0.29, 0.717) is 30.2 Å². The number of rotatable bonds is 6. The van der Waals surface area contributed by atoms with Crippen LogP contribution in [0.5, 0.6) is 11.5 Å². The maximum Gasteiger partial charge on any atom is 0.261 e. The summed E-state index contributed by atoms with van der Waals surface area (Å²) in [7, 11) is 3.15. The van der Waals surface area contributed by atoms with E-state index in [4.69, 9.17) is 9.47 Å². The third-order valence-electron chi connectivity index (χ3n) is 5.84. The average molecular weight is 417 g/mol. The molecule has 160 valence electrons. The Morgan fingerprint density at radius 1 is 0.710 bits per heavy atom. The number of hydrogen-bond acceptors (Lipinski definition) is 4. The molecule has 0 saturated carbocycles. The van der Waals surface area contributed by atoms with Crippen LogP contribution < -0.4 is 9.47 Å². The molecule has 5 nitrogen and oxygen atoms in total. The predicted octanol–water partition coefficient (Wildman–Crippen LogP) is 4.25. The van der Waals surface area contributed by atoms with Gasteiger partial charge in [0, 0.05) is 26.2 Å². The molecule has 0 spiro atoms. The van der Waals surface area contributed by atoms with Crippen LogP contribution in [0.15, 0.2) is 78.9 Å². The van der Waals surface area contributed by atoms with E-state index in [9.17, 15) is 4.79 Å². The zero-order chi connectivity index (χ0) is 21.6. The standard InChI is InChI=1S/C26H28N2O3/c1-30-22-14-9-15-23(31-2)24(22)26(29)28-18-16-27(17-19-28)25(20-10-5-3-6-11-20)21-12-7-4-8-13-21/h3-15,25H,16-19H2,1-2H3. The van der Waals surface area contributed by atoms with Crippen LogP contribution in [0.3, 0.4) is 0 Å². The number of benzene rings is 3. The Morgan fingerprint density at radius 2 is 1.19 bits per heavy atom. The Labute approximate surface area is 183 Å². The van der Waals surface area contributed by atoms with Crippen LogP contribution in [-0.4, -0.2) is 56.1 Å². The lowest BCUT2D eigenvalue weighted by atomic mass is 9.96. The summed E-state index contributed by atoms with van der Waals surface area (Å²) in [6.45, 7) is 2.88. The largest absolute Gasteiger partial charge is 0.496 e. The first kappa shape index (κ1) is 20.9. The molecule has 4 rings (SSSR count). The highest BCUT2D eigenvalue weighted by atomic mass is 16.5. The molecule has 31 heavy (non-hydrogen) atoms. The van der Waals surface area contributed by atoms with E-state index in [-0.39, 0.29) is 11.9 Å². The molecule has 0 radical (unpaired) electrons. The number of nitrogens with zero attached hydrogens (tertiary/aromatic N) is 2. The first-order valence-electron chi connectivity index (χ1n) is 10.6. The molecule has 1 aliphatic heterocycles. The van der Waals surface area contributed by atoms with E-state index in [1.807, 2.05) is 23.1 Å². The summed E-state index contributed by atoms with van der Waals surface area (Å²) in [5, 5.41) is 0. The van der Waals surface area contributed by atoms with Gasteiger partial charge in [0.2, 0.25) is 0 Å². The fourth-order valence-electron chi connectivity index (χ4n) is 4.29. The molecule has 0 unspecified atom stereocenters. The van der Waals surface area contributed by atoms with Crippen molar-refractivity contribution in [1.82, 2.24) is 9.80 Å². The Balaban J connectivity index is 1.54. The topological polar surface area (TPSA) is 42.0 Å². The summed E-state index contributed by atoms with van der Waals surface area (Å²) in [4.78, 5) is 17.7. The summed E-state index contributed by atoms with van der Waals surface area (Å²) < 4.78 is 10.9. The van der Waals surface area contributed by atoms with Crippen LogP contribution in [0.2, 0.25) is 0 Å². The van der Waals surface area contributed by atoms with Crippen molar-refractivity contribution in [2.24, 2.45) is 0 Å². The van der Waals surface area contributed by atoms with Gasteiger partial charge in [-0.25, -0.2) is 0 Å². The van der Waals surface area contributed by atoms with Crippen molar-refractivity contribution in [1.29, 1.82) is 0 Å². The Kier molecular flexibility index (Phi) is 6.53. The van der Waals surface area contributed by atoms with Crippen LogP contribution in [0.25, 0.3) is 0 Å². The van der Waals surface area contributed by atoms with Crippen molar-refractivity contribution >= 4 is 5.91 Å². The summed E-state index contributed by atoms with van der Waals surface area (Å²) in [6, 6.07) is 26.7. The Bertz CT molecular complexity index is 938. The summed E-state index contributed by atoms with van der Waals surface area (Å²) >= 11 is 0. The molecule has 1 amide bonds. The van der Waals surface area contributed by atoms with E-state index in [2.05, 4.69) is 53.4 Å². The molecule has 1 aliphatic rings. The molecule has 3 aromatic rings. The van der Waals surface area contributed by atoms with Crippen LogP contribution in [0.4, 0.5) is 0 Å². The van der Waals surface area contributed by atoms with Crippen LogP contribution >= 0.6 is 0 Å². The quantitative estimate of drug-likeness (QED) is 0.602. The smallest absolute Gasteiger partial charge is 0.261 e. The monoisotopic (exact) mass is 416 g/mol. The number of carbonyl (C=O) groups is 1. The van der Waals surface area contributed by atoms with Gasteiger partial charge >= 0.3 is 0 Å². The maximum absolute atomic E-state index is 13.3.